The van der Waals surface area contributed by atoms with E-state index in [9.17, 15) is 44.3 Å². The summed E-state index contributed by atoms with van der Waals surface area (Å²) in [6.45, 7) is 0. The highest BCUT2D eigenvalue weighted by atomic mass is 19.4. The van der Waals surface area contributed by atoms with E-state index >= 15 is 0 Å². The van der Waals surface area contributed by atoms with Gasteiger partial charge in [0, 0.05) is 12.8 Å². The molecule has 2 nitrogen and oxygen atoms in total. The van der Waals surface area contributed by atoms with Crippen LogP contribution in [0.15, 0.2) is 0 Å². The van der Waals surface area contributed by atoms with Crippen LogP contribution in [0.1, 0.15) is 38.5 Å². The first-order chi connectivity index (χ1) is 9.67. The highest BCUT2D eigenvalue weighted by Gasteiger charge is 2.81. The van der Waals surface area contributed by atoms with Gasteiger partial charge in [0.15, 0.2) is 0 Å². The summed E-state index contributed by atoms with van der Waals surface area (Å²) < 4.78 is 112. The van der Waals surface area contributed by atoms with Gasteiger partial charge in [-0.15, -0.1) is 0 Å². The molecule has 0 heterocycles. The zero-order valence-electron chi connectivity index (χ0n) is 11.0. The second kappa shape index (κ2) is 6.95. The Morgan fingerprint density at radius 3 is 1.59 bits per heavy atom. The van der Waals surface area contributed by atoms with E-state index in [1.165, 1.54) is 0 Å². The van der Waals surface area contributed by atoms with E-state index in [4.69, 9.17) is 5.11 Å². The summed E-state index contributed by atoms with van der Waals surface area (Å²) in [6, 6.07) is 0. The first-order valence-corrected chi connectivity index (χ1v) is 6.09. The lowest BCUT2D eigenvalue weighted by Gasteiger charge is -2.33. The third kappa shape index (κ3) is 4.67. The van der Waals surface area contributed by atoms with E-state index in [0.29, 0.717) is 0 Å². The lowest BCUT2D eigenvalue weighted by molar-refractivity contribution is -0.396. The Labute approximate surface area is 119 Å². The monoisotopic (exact) mass is 348 g/mol. The van der Waals surface area contributed by atoms with Crippen molar-refractivity contribution < 1.29 is 49.4 Å². The molecule has 0 aromatic carbocycles. The summed E-state index contributed by atoms with van der Waals surface area (Å²) in [7, 11) is 0. The predicted octanol–water partition coefficient (Wildman–Crippen LogP) is 4.88. The second-order valence-corrected chi connectivity index (χ2v) is 4.66. The standard InChI is InChI=1S/C11H13F9O2/c12-8(13,6-4-2-1-3-5-7(21)22)9(14,15)10(16,17)11(18,19)20/h1-6H2,(H,21,22). The zero-order valence-corrected chi connectivity index (χ0v) is 11.0. The van der Waals surface area contributed by atoms with Crippen LogP contribution >= 0.6 is 0 Å². The normalized spacial score (nSPS) is 14.2. The van der Waals surface area contributed by atoms with Crippen LogP contribution in [0.4, 0.5) is 39.5 Å². The molecule has 0 fully saturated rings. The Morgan fingerprint density at radius 2 is 1.18 bits per heavy atom. The Kier molecular flexibility index (Phi) is 6.58. The molecule has 0 amide bonds. The first-order valence-electron chi connectivity index (χ1n) is 6.09. The quantitative estimate of drug-likeness (QED) is 0.476. The number of aliphatic carboxylic acids is 1. The van der Waals surface area contributed by atoms with Gasteiger partial charge in [0.2, 0.25) is 0 Å². The van der Waals surface area contributed by atoms with Gasteiger partial charge in [0.1, 0.15) is 0 Å². The van der Waals surface area contributed by atoms with Gasteiger partial charge in [0.25, 0.3) is 0 Å². The van der Waals surface area contributed by atoms with Crippen LogP contribution < -0.4 is 0 Å². The van der Waals surface area contributed by atoms with Crippen LogP contribution in [0.3, 0.4) is 0 Å². The minimum absolute atomic E-state index is 0.0453. The van der Waals surface area contributed by atoms with E-state index in [1.807, 2.05) is 0 Å². The smallest absolute Gasteiger partial charge is 0.460 e. The molecule has 0 aromatic rings. The molecule has 0 radical (unpaired) electrons. The molecule has 1 N–H and O–H groups in total. The molecule has 0 bridgehead atoms. The maximum Gasteiger partial charge on any atom is 0.460 e. The fourth-order valence-electron chi connectivity index (χ4n) is 1.54. The van der Waals surface area contributed by atoms with Gasteiger partial charge in [-0.25, -0.2) is 0 Å². The topological polar surface area (TPSA) is 37.3 Å². The summed E-state index contributed by atoms with van der Waals surface area (Å²) in [5.74, 6) is -20.1. The van der Waals surface area contributed by atoms with Crippen molar-refractivity contribution >= 4 is 5.97 Å². The van der Waals surface area contributed by atoms with Gasteiger partial charge < -0.3 is 5.11 Å². The third-order valence-corrected chi connectivity index (χ3v) is 2.84. The van der Waals surface area contributed by atoms with Crippen molar-refractivity contribution in [2.24, 2.45) is 0 Å². The number of carbonyl (C=O) groups is 1. The molecular weight excluding hydrogens is 335 g/mol. The molecule has 11 heteroatoms. The predicted molar refractivity (Wildman–Crippen MR) is 56.2 cm³/mol. The number of rotatable bonds is 9. The number of alkyl halides is 9. The summed E-state index contributed by atoms with van der Waals surface area (Å²) in [4.78, 5) is 10.1. The molecule has 0 saturated carbocycles. The van der Waals surface area contributed by atoms with E-state index in [-0.39, 0.29) is 25.7 Å². The van der Waals surface area contributed by atoms with Gasteiger partial charge >= 0.3 is 29.9 Å². The SMILES string of the molecule is O=C(O)CCCCCCC(F)(F)C(F)(F)C(F)(F)C(F)(F)F. The van der Waals surface area contributed by atoms with Crippen LogP contribution in [0.25, 0.3) is 0 Å². The molecule has 0 aliphatic heterocycles. The lowest BCUT2D eigenvalue weighted by Crippen LogP contribution is -2.60. The largest absolute Gasteiger partial charge is 0.481 e. The Morgan fingerprint density at radius 1 is 0.727 bits per heavy atom. The second-order valence-electron chi connectivity index (χ2n) is 4.66. The molecule has 0 aliphatic rings. The Balaban J connectivity index is 4.62. The van der Waals surface area contributed by atoms with Crippen LogP contribution in [0.2, 0.25) is 0 Å². The minimum atomic E-state index is -6.85. The molecule has 132 valence electrons. The van der Waals surface area contributed by atoms with Crippen LogP contribution in [0, 0.1) is 0 Å². The molecule has 0 spiro atoms. The van der Waals surface area contributed by atoms with Crippen molar-refractivity contribution in [3.05, 3.63) is 0 Å². The highest BCUT2D eigenvalue weighted by Crippen LogP contribution is 2.54. The van der Waals surface area contributed by atoms with Crippen molar-refractivity contribution in [1.82, 2.24) is 0 Å². The maximum atomic E-state index is 13.0. The van der Waals surface area contributed by atoms with Crippen molar-refractivity contribution in [2.75, 3.05) is 0 Å². The van der Waals surface area contributed by atoms with Gasteiger partial charge in [-0.3, -0.25) is 4.79 Å². The zero-order chi connectivity index (χ0) is 17.8. The fraction of sp³-hybridized carbons (Fsp3) is 0.909. The average Bonchev–Trinajstić information content (AvgIpc) is 2.31. The third-order valence-electron chi connectivity index (χ3n) is 2.84. The molecular formula is C11H13F9O2. The van der Waals surface area contributed by atoms with Crippen LogP contribution in [0.5, 0.6) is 0 Å². The number of halogens is 9. The van der Waals surface area contributed by atoms with Gasteiger partial charge in [-0.05, 0) is 12.8 Å². The van der Waals surface area contributed by atoms with Crippen molar-refractivity contribution in [1.29, 1.82) is 0 Å². The van der Waals surface area contributed by atoms with Crippen molar-refractivity contribution in [3.63, 3.8) is 0 Å². The Hall–Kier alpha value is -1.16. The molecule has 0 rings (SSSR count). The van der Waals surface area contributed by atoms with Crippen molar-refractivity contribution in [2.45, 2.75) is 62.5 Å². The molecule has 22 heavy (non-hydrogen) atoms. The lowest BCUT2D eigenvalue weighted by atomic mass is 9.98. The number of hydrogen-bond donors (Lipinski definition) is 1. The number of unbranched alkanes of at least 4 members (excludes halogenated alkanes) is 3. The van der Waals surface area contributed by atoms with E-state index in [2.05, 4.69) is 0 Å². The number of carboxylic acids is 1. The number of hydrogen-bond acceptors (Lipinski definition) is 1. The molecule has 0 aliphatic carbocycles. The van der Waals surface area contributed by atoms with Gasteiger partial charge in [-0.2, -0.15) is 39.5 Å². The highest BCUT2D eigenvalue weighted by molar-refractivity contribution is 5.66. The van der Waals surface area contributed by atoms with Crippen LogP contribution in [-0.2, 0) is 4.79 Å². The van der Waals surface area contributed by atoms with Crippen molar-refractivity contribution in [3.8, 4) is 0 Å². The molecule has 0 atom stereocenters. The van der Waals surface area contributed by atoms with E-state index in [1.54, 1.807) is 0 Å². The average molecular weight is 348 g/mol. The molecule has 0 saturated heterocycles. The minimum Gasteiger partial charge on any atom is -0.481 e. The maximum absolute atomic E-state index is 13.0. The first kappa shape index (κ1) is 20.8. The van der Waals surface area contributed by atoms with Crippen LogP contribution in [-0.4, -0.2) is 35.0 Å². The van der Waals surface area contributed by atoms with E-state index < -0.39 is 42.8 Å². The summed E-state index contributed by atoms with van der Waals surface area (Å²) in [5.41, 5.74) is 0. The summed E-state index contributed by atoms with van der Waals surface area (Å²) in [5, 5.41) is 8.26. The van der Waals surface area contributed by atoms with Gasteiger partial charge in [-0.1, -0.05) is 12.8 Å². The molecule has 0 aromatic heterocycles. The summed E-state index contributed by atoms with van der Waals surface area (Å²) >= 11 is 0. The fourth-order valence-corrected chi connectivity index (χ4v) is 1.54. The molecule has 0 unspecified atom stereocenters. The number of carboxylic acid groups (broad SMARTS) is 1. The Bertz CT molecular complexity index is 376. The van der Waals surface area contributed by atoms with Gasteiger partial charge in [0.05, 0.1) is 0 Å². The van der Waals surface area contributed by atoms with E-state index in [0.717, 1.165) is 0 Å². The summed E-state index contributed by atoms with van der Waals surface area (Å²) in [6.07, 6.45) is -9.80.